The van der Waals surface area contributed by atoms with Crippen molar-refractivity contribution in [3.05, 3.63) is 58.7 Å². The predicted octanol–water partition coefficient (Wildman–Crippen LogP) is 2.05. The lowest BCUT2D eigenvalue weighted by molar-refractivity contribution is -0.136. The first-order chi connectivity index (χ1) is 15.9. The molecule has 0 saturated carbocycles. The van der Waals surface area contributed by atoms with Crippen LogP contribution in [0.3, 0.4) is 0 Å². The van der Waals surface area contributed by atoms with Gasteiger partial charge < -0.3 is 19.9 Å². The maximum Gasteiger partial charge on any atom is 0.322 e. The van der Waals surface area contributed by atoms with E-state index in [1.807, 2.05) is 18.2 Å². The molecule has 1 saturated heterocycles. The zero-order valence-corrected chi connectivity index (χ0v) is 18.2. The van der Waals surface area contributed by atoms with E-state index in [1.165, 1.54) is 10.5 Å². The third kappa shape index (κ3) is 3.90. The van der Waals surface area contributed by atoms with Crippen LogP contribution in [0.25, 0.3) is 0 Å². The van der Waals surface area contributed by atoms with Gasteiger partial charge in [0.1, 0.15) is 11.8 Å². The maximum atomic E-state index is 12.9. The van der Waals surface area contributed by atoms with Crippen LogP contribution in [0.4, 0.5) is 10.5 Å². The fourth-order valence-corrected chi connectivity index (χ4v) is 4.69. The number of amides is 5. The highest BCUT2D eigenvalue weighted by Gasteiger charge is 2.39. The number of carbonyl (C=O) groups is 4. The Kier molecular flexibility index (Phi) is 5.24. The number of methoxy groups -OCH3 is 1. The van der Waals surface area contributed by atoms with Gasteiger partial charge in [-0.15, -0.1) is 0 Å². The Morgan fingerprint density at radius 1 is 1.03 bits per heavy atom. The molecule has 33 heavy (non-hydrogen) atoms. The average molecular weight is 448 g/mol. The van der Waals surface area contributed by atoms with Crippen molar-refractivity contribution in [3.63, 3.8) is 0 Å². The molecule has 2 aromatic carbocycles. The van der Waals surface area contributed by atoms with Gasteiger partial charge in [0.25, 0.3) is 5.91 Å². The number of piperidine rings is 1. The van der Waals surface area contributed by atoms with Gasteiger partial charge in [-0.2, -0.15) is 0 Å². The quantitative estimate of drug-likeness (QED) is 0.699. The molecule has 0 radical (unpaired) electrons. The highest BCUT2D eigenvalue weighted by atomic mass is 16.5. The van der Waals surface area contributed by atoms with E-state index in [2.05, 4.69) is 10.6 Å². The Morgan fingerprint density at radius 3 is 2.67 bits per heavy atom. The van der Waals surface area contributed by atoms with Gasteiger partial charge in [-0.3, -0.25) is 19.7 Å². The highest BCUT2D eigenvalue weighted by Crippen LogP contribution is 2.30. The van der Waals surface area contributed by atoms with Crippen molar-refractivity contribution < 1.29 is 23.9 Å². The van der Waals surface area contributed by atoms with Gasteiger partial charge in [0, 0.05) is 37.3 Å². The van der Waals surface area contributed by atoms with Gasteiger partial charge in [-0.1, -0.05) is 6.07 Å². The van der Waals surface area contributed by atoms with Crippen LogP contribution in [-0.4, -0.2) is 53.2 Å². The number of urea groups is 1. The second-order valence-corrected chi connectivity index (χ2v) is 8.51. The molecule has 5 rings (SSSR count). The zero-order chi connectivity index (χ0) is 23.1. The van der Waals surface area contributed by atoms with Gasteiger partial charge in [0.05, 0.1) is 7.11 Å². The van der Waals surface area contributed by atoms with Crippen LogP contribution >= 0.6 is 0 Å². The first kappa shape index (κ1) is 21.0. The lowest BCUT2D eigenvalue weighted by atomic mass is 10.00. The first-order valence-corrected chi connectivity index (χ1v) is 10.9. The van der Waals surface area contributed by atoms with E-state index in [0.29, 0.717) is 30.8 Å². The molecule has 2 N–H and O–H groups in total. The molecule has 170 valence electrons. The van der Waals surface area contributed by atoms with Crippen LogP contribution in [0.2, 0.25) is 0 Å². The Labute approximate surface area is 190 Å². The molecule has 0 aromatic heterocycles. The van der Waals surface area contributed by atoms with E-state index in [-0.39, 0.29) is 30.8 Å². The van der Waals surface area contributed by atoms with E-state index in [1.54, 1.807) is 30.2 Å². The first-order valence-electron chi connectivity index (χ1n) is 10.9. The van der Waals surface area contributed by atoms with Crippen molar-refractivity contribution in [2.24, 2.45) is 0 Å². The van der Waals surface area contributed by atoms with Crippen LogP contribution in [0.15, 0.2) is 36.4 Å². The lowest BCUT2D eigenvalue weighted by Crippen LogP contribution is -2.52. The number of rotatable bonds is 3. The minimum atomic E-state index is -0.661. The summed E-state index contributed by atoms with van der Waals surface area (Å²) >= 11 is 0. The Hall–Kier alpha value is -3.88. The molecule has 9 nitrogen and oxygen atoms in total. The normalized spacial score (nSPS) is 19.7. The topological polar surface area (TPSA) is 108 Å². The molecule has 1 atom stereocenters. The van der Waals surface area contributed by atoms with E-state index >= 15 is 0 Å². The molecule has 3 aliphatic heterocycles. The van der Waals surface area contributed by atoms with Crippen molar-refractivity contribution >= 4 is 29.4 Å². The monoisotopic (exact) mass is 448 g/mol. The Balaban J connectivity index is 1.27. The molecule has 5 amide bonds. The van der Waals surface area contributed by atoms with Crippen molar-refractivity contribution in [1.29, 1.82) is 0 Å². The van der Waals surface area contributed by atoms with Gasteiger partial charge in [0.2, 0.25) is 11.8 Å². The third-order valence-electron chi connectivity index (χ3n) is 6.49. The molecule has 3 aliphatic rings. The van der Waals surface area contributed by atoms with Crippen LogP contribution in [0.1, 0.15) is 39.9 Å². The number of nitrogens with zero attached hydrogens (tertiary/aromatic N) is 2. The summed E-state index contributed by atoms with van der Waals surface area (Å²) in [5, 5.41) is 5.23. The summed E-state index contributed by atoms with van der Waals surface area (Å²) in [6.07, 6.45) is 1.30. The number of carbonyl (C=O) groups excluding carboxylic acids is 4. The van der Waals surface area contributed by atoms with Gasteiger partial charge in [-0.25, -0.2) is 4.79 Å². The minimum Gasteiger partial charge on any atom is -0.497 e. The summed E-state index contributed by atoms with van der Waals surface area (Å²) in [6, 6.07) is 10.2. The van der Waals surface area contributed by atoms with Crippen molar-refractivity contribution in [2.45, 2.75) is 38.4 Å². The van der Waals surface area contributed by atoms with E-state index in [0.717, 1.165) is 23.3 Å². The maximum absolute atomic E-state index is 12.9. The number of fused-ring (bicyclic) bond motifs is 2. The second-order valence-electron chi connectivity index (χ2n) is 8.51. The second kappa shape index (κ2) is 8.23. The van der Waals surface area contributed by atoms with Gasteiger partial charge >= 0.3 is 6.03 Å². The van der Waals surface area contributed by atoms with E-state index in [4.69, 9.17) is 4.74 Å². The third-order valence-corrected chi connectivity index (χ3v) is 6.49. The number of ether oxygens (including phenoxy) is 1. The zero-order valence-electron chi connectivity index (χ0n) is 18.2. The number of hydrogen-bond acceptors (Lipinski definition) is 5. The molecular weight excluding hydrogens is 424 g/mol. The number of anilines is 1. The number of imide groups is 1. The molecule has 3 heterocycles. The molecule has 1 fully saturated rings. The average Bonchev–Trinajstić information content (AvgIpc) is 3.13. The molecule has 0 bridgehead atoms. The fraction of sp³-hybridized carbons (Fsp3) is 0.333. The molecule has 2 aromatic rings. The summed E-state index contributed by atoms with van der Waals surface area (Å²) in [5.41, 5.74) is 4.13. The molecule has 0 aliphatic carbocycles. The summed E-state index contributed by atoms with van der Waals surface area (Å²) in [6.45, 7) is 1.37. The van der Waals surface area contributed by atoms with Crippen molar-refractivity contribution in [1.82, 2.24) is 15.1 Å². The number of benzene rings is 2. The number of hydrogen-bond donors (Lipinski definition) is 2. The summed E-state index contributed by atoms with van der Waals surface area (Å²) in [5.74, 6) is -0.231. The molecular formula is C24H24N4O5. The predicted molar refractivity (Wildman–Crippen MR) is 119 cm³/mol. The SMILES string of the molecule is COc1ccc2c(c1)CN(C(=O)Nc1ccc3c(c1)CN(C1CCC(=O)NC1=O)C3=O)CC2. The van der Waals surface area contributed by atoms with Gasteiger partial charge in [-0.05, 0) is 59.9 Å². The van der Waals surface area contributed by atoms with Gasteiger partial charge in [0.15, 0.2) is 0 Å². The Morgan fingerprint density at radius 2 is 1.88 bits per heavy atom. The van der Waals surface area contributed by atoms with E-state index in [9.17, 15) is 19.2 Å². The summed E-state index contributed by atoms with van der Waals surface area (Å²) in [4.78, 5) is 52.6. The van der Waals surface area contributed by atoms with E-state index < -0.39 is 11.9 Å². The standard InChI is InChI=1S/C24H24N4O5/c1-33-18-4-2-14-8-9-27(12-15(14)11-18)24(32)25-17-3-5-19-16(10-17)13-28(23(19)31)20-6-7-21(29)26-22(20)30/h2-5,10-11,20H,6-9,12-13H2,1H3,(H,25,32)(H,26,29,30). The largest absolute Gasteiger partial charge is 0.497 e. The summed E-state index contributed by atoms with van der Waals surface area (Å²) < 4.78 is 5.30. The smallest absolute Gasteiger partial charge is 0.322 e. The van der Waals surface area contributed by atoms with Crippen LogP contribution in [-0.2, 0) is 29.1 Å². The van der Waals surface area contributed by atoms with Crippen LogP contribution < -0.4 is 15.4 Å². The van der Waals surface area contributed by atoms with Crippen molar-refractivity contribution in [3.8, 4) is 5.75 Å². The summed E-state index contributed by atoms with van der Waals surface area (Å²) in [7, 11) is 1.62. The molecule has 9 heteroatoms. The Bertz CT molecular complexity index is 1180. The number of nitrogens with one attached hydrogen (secondary N) is 2. The molecule has 1 unspecified atom stereocenters. The lowest BCUT2D eigenvalue weighted by Gasteiger charge is -2.29. The van der Waals surface area contributed by atoms with Crippen LogP contribution in [0, 0.1) is 0 Å². The highest BCUT2D eigenvalue weighted by molar-refractivity contribution is 6.05. The van der Waals surface area contributed by atoms with Crippen molar-refractivity contribution in [2.75, 3.05) is 19.0 Å². The minimum absolute atomic E-state index is 0.211. The fourth-order valence-electron chi connectivity index (χ4n) is 4.69. The molecule has 0 spiro atoms. The van der Waals surface area contributed by atoms with Crippen LogP contribution in [0.5, 0.6) is 5.75 Å².